The van der Waals surface area contributed by atoms with Gasteiger partial charge in [-0.15, -0.1) is 0 Å². The van der Waals surface area contributed by atoms with E-state index >= 15 is 0 Å². The molecule has 1 aliphatic carbocycles. The number of aromatic nitrogens is 5. The number of aliphatic hydroxyl groups is 1. The van der Waals surface area contributed by atoms with Gasteiger partial charge in [0, 0.05) is 49.1 Å². The fraction of sp³-hybridized carbons (Fsp3) is 0.429. The molecule has 0 spiro atoms. The summed E-state index contributed by atoms with van der Waals surface area (Å²) < 4.78 is 10.6. The lowest BCUT2D eigenvalue weighted by atomic mass is 10.1. The zero-order valence-corrected chi connectivity index (χ0v) is 22.4. The largest absolute Gasteiger partial charge is 0.474 e. The molecule has 9 nitrogen and oxygen atoms in total. The standard InChI is InChI=1S/C28H32ClN5O4/c1-3-32-26-24(27(36)33(28(32)37)14-5-15-35)34(17-19-8-11-21(29)12-9-19)25(31-26)20-10-13-23(30-16-20)38-22-7-4-6-18(22)2/h8-13,16,18,22,35H,3-7,14-15,17H2,1-2H3/t18-,22-/m0/s1. The minimum atomic E-state index is -0.436. The maximum absolute atomic E-state index is 13.7. The summed E-state index contributed by atoms with van der Waals surface area (Å²) in [6.07, 6.45) is 5.51. The molecule has 0 unspecified atom stereocenters. The van der Waals surface area contributed by atoms with Gasteiger partial charge in [-0.05, 0) is 62.3 Å². The number of rotatable bonds is 9. The summed E-state index contributed by atoms with van der Waals surface area (Å²) in [5.74, 6) is 1.59. The van der Waals surface area contributed by atoms with Gasteiger partial charge in [0.15, 0.2) is 11.2 Å². The fourth-order valence-corrected chi connectivity index (χ4v) is 5.30. The molecule has 38 heavy (non-hydrogen) atoms. The number of nitrogens with zero attached hydrogens (tertiary/aromatic N) is 5. The number of aryl methyl sites for hydroxylation is 1. The zero-order chi connectivity index (χ0) is 26.8. The van der Waals surface area contributed by atoms with Gasteiger partial charge in [0.1, 0.15) is 11.9 Å². The maximum atomic E-state index is 13.7. The van der Waals surface area contributed by atoms with E-state index in [0.717, 1.165) is 24.8 Å². The molecule has 1 N–H and O–H groups in total. The molecular formula is C28H32ClN5O4. The topological polar surface area (TPSA) is 104 Å². The van der Waals surface area contributed by atoms with Crippen LogP contribution < -0.4 is 16.0 Å². The lowest BCUT2D eigenvalue weighted by molar-refractivity contribution is 0.160. The first-order valence-corrected chi connectivity index (χ1v) is 13.5. The van der Waals surface area contributed by atoms with Crippen LogP contribution in [0.2, 0.25) is 5.02 Å². The number of hydrogen-bond donors (Lipinski definition) is 1. The van der Waals surface area contributed by atoms with E-state index in [-0.39, 0.29) is 19.3 Å². The molecule has 1 aliphatic rings. The lowest BCUT2D eigenvalue weighted by Crippen LogP contribution is -2.40. The highest BCUT2D eigenvalue weighted by molar-refractivity contribution is 6.30. The molecule has 2 atom stereocenters. The summed E-state index contributed by atoms with van der Waals surface area (Å²) in [6, 6.07) is 11.1. The highest BCUT2D eigenvalue weighted by Gasteiger charge is 2.26. The first-order valence-electron chi connectivity index (χ1n) is 13.1. The van der Waals surface area contributed by atoms with Crippen LogP contribution >= 0.6 is 11.6 Å². The van der Waals surface area contributed by atoms with Crippen molar-refractivity contribution in [3.8, 4) is 17.3 Å². The first kappa shape index (κ1) is 26.2. The fourth-order valence-electron chi connectivity index (χ4n) is 5.17. The molecule has 200 valence electrons. The molecule has 0 amide bonds. The van der Waals surface area contributed by atoms with E-state index in [4.69, 9.17) is 21.3 Å². The first-order chi connectivity index (χ1) is 18.4. The third-order valence-corrected chi connectivity index (χ3v) is 7.53. The highest BCUT2D eigenvalue weighted by Crippen LogP contribution is 2.30. The molecule has 1 fully saturated rings. The van der Waals surface area contributed by atoms with Crippen molar-refractivity contribution in [1.29, 1.82) is 0 Å². The lowest BCUT2D eigenvalue weighted by Gasteiger charge is -2.17. The molecule has 0 bridgehead atoms. The molecule has 1 aromatic carbocycles. The van der Waals surface area contributed by atoms with Crippen molar-refractivity contribution in [2.45, 2.75) is 65.3 Å². The molecule has 0 aliphatic heterocycles. The molecule has 0 radical (unpaired) electrons. The molecule has 3 aromatic heterocycles. The van der Waals surface area contributed by atoms with Crippen LogP contribution in [0.4, 0.5) is 0 Å². The van der Waals surface area contributed by atoms with Crippen LogP contribution in [0.15, 0.2) is 52.2 Å². The smallest absolute Gasteiger partial charge is 0.332 e. The van der Waals surface area contributed by atoms with E-state index < -0.39 is 11.2 Å². The Morgan fingerprint density at radius 3 is 2.50 bits per heavy atom. The second-order valence-corrected chi connectivity index (χ2v) is 10.3. The van der Waals surface area contributed by atoms with E-state index in [1.165, 1.54) is 9.13 Å². The van der Waals surface area contributed by atoms with Crippen molar-refractivity contribution in [1.82, 2.24) is 23.7 Å². The molecule has 1 saturated carbocycles. The zero-order valence-electron chi connectivity index (χ0n) is 21.6. The van der Waals surface area contributed by atoms with Gasteiger partial charge in [-0.25, -0.2) is 14.8 Å². The van der Waals surface area contributed by atoms with Crippen LogP contribution in [-0.4, -0.2) is 41.5 Å². The minimum Gasteiger partial charge on any atom is -0.474 e. The maximum Gasteiger partial charge on any atom is 0.332 e. The van der Waals surface area contributed by atoms with Gasteiger partial charge in [-0.1, -0.05) is 30.7 Å². The monoisotopic (exact) mass is 537 g/mol. The van der Waals surface area contributed by atoms with Gasteiger partial charge in [0.25, 0.3) is 5.56 Å². The number of fused-ring (bicyclic) bond motifs is 1. The number of halogens is 1. The van der Waals surface area contributed by atoms with E-state index in [1.54, 1.807) is 18.3 Å². The number of pyridine rings is 1. The van der Waals surface area contributed by atoms with E-state index in [1.807, 2.05) is 35.8 Å². The summed E-state index contributed by atoms with van der Waals surface area (Å²) in [6.45, 7) is 4.74. The van der Waals surface area contributed by atoms with Gasteiger partial charge in [-0.3, -0.25) is 13.9 Å². The number of imidazole rings is 1. The van der Waals surface area contributed by atoms with Crippen molar-refractivity contribution in [3.05, 3.63) is 74.0 Å². The second-order valence-electron chi connectivity index (χ2n) is 9.83. The van der Waals surface area contributed by atoms with Crippen LogP contribution in [0.5, 0.6) is 5.88 Å². The van der Waals surface area contributed by atoms with E-state index in [2.05, 4.69) is 11.9 Å². The van der Waals surface area contributed by atoms with Gasteiger partial charge in [-0.2, -0.15) is 0 Å². The molecule has 0 saturated heterocycles. The second kappa shape index (κ2) is 11.1. The van der Waals surface area contributed by atoms with Crippen molar-refractivity contribution < 1.29 is 9.84 Å². The van der Waals surface area contributed by atoms with Crippen LogP contribution in [-0.2, 0) is 19.6 Å². The Labute approximate surface area is 225 Å². The molecule has 4 aromatic rings. The Bertz CT molecular complexity index is 1540. The number of hydrogen-bond acceptors (Lipinski definition) is 6. The molecular weight excluding hydrogens is 506 g/mol. The normalized spacial score (nSPS) is 17.4. The van der Waals surface area contributed by atoms with Crippen LogP contribution in [0, 0.1) is 5.92 Å². The number of benzene rings is 1. The van der Waals surface area contributed by atoms with E-state index in [9.17, 15) is 14.7 Å². The Hall–Kier alpha value is -3.43. The average Bonchev–Trinajstić information content (AvgIpc) is 3.49. The van der Waals surface area contributed by atoms with Crippen LogP contribution in [0.1, 0.15) is 45.1 Å². The third kappa shape index (κ3) is 5.00. The third-order valence-electron chi connectivity index (χ3n) is 7.27. The van der Waals surface area contributed by atoms with Gasteiger partial charge in [0.05, 0.1) is 0 Å². The summed E-state index contributed by atoms with van der Waals surface area (Å²) >= 11 is 6.10. The quantitative estimate of drug-likeness (QED) is 0.345. The highest BCUT2D eigenvalue weighted by atomic mass is 35.5. The van der Waals surface area contributed by atoms with Gasteiger partial charge in [0.2, 0.25) is 5.88 Å². The predicted molar refractivity (Wildman–Crippen MR) is 147 cm³/mol. The van der Waals surface area contributed by atoms with E-state index in [0.29, 0.717) is 58.9 Å². The molecule has 5 rings (SSSR count). The molecule has 10 heteroatoms. The summed E-state index contributed by atoms with van der Waals surface area (Å²) in [7, 11) is 0. The summed E-state index contributed by atoms with van der Waals surface area (Å²) in [4.78, 5) is 36.2. The summed E-state index contributed by atoms with van der Waals surface area (Å²) in [5.41, 5.74) is 1.42. The number of ether oxygens (including phenoxy) is 1. The van der Waals surface area contributed by atoms with Crippen LogP contribution in [0.3, 0.4) is 0 Å². The Morgan fingerprint density at radius 2 is 1.87 bits per heavy atom. The Balaban J connectivity index is 1.65. The Kier molecular flexibility index (Phi) is 7.67. The predicted octanol–water partition coefficient (Wildman–Crippen LogP) is 4.09. The van der Waals surface area contributed by atoms with Crippen molar-refractivity contribution in [2.24, 2.45) is 5.92 Å². The van der Waals surface area contributed by atoms with Crippen LogP contribution in [0.25, 0.3) is 22.6 Å². The minimum absolute atomic E-state index is 0.120. The summed E-state index contributed by atoms with van der Waals surface area (Å²) in [5, 5.41) is 9.95. The molecule has 3 heterocycles. The Morgan fingerprint density at radius 1 is 1.08 bits per heavy atom. The van der Waals surface area contributed by atoms with Crippen molar-refractivity contribution >= 4 is 22.8 Å². The number of aliphatic hydroxyl groups excluding tert-OH is 1. The average molecular weight is 538 g/mol. The SMILES string of the molecule is CCn1c(=O)n(CCCO)c(=O)c2c1nc(-c1ccc(O[C@H]3CCC[C@@H]3C)nc1)n2Cc1ccc(Cl)cc1. The van der Waals surface area contributed by atoms with Gasteiger partial charge < -0.3 is 14.4 Å². The van der Waals surface area contributed by atoms with Gasteiger partial charge >= 0.3 is 5.69 Å². The van der Waals surface area contributed by atoms with Crippen molar-refractivity contribution in [3.63, 3.8) is 0 Å². The van der Waals surface area contributed by atoms with Crippen molar-refractivity contribution in [2.75, 3.05) is 6.61 Å².